The number of alkyl halides is 1. The van der Waals surface area contributed by atoms with Gasteiger partial charge in [-0.05, 0) is 73.2 Å². The van der Waals surface area contributed by atoms with Crippen LogP contribution in [0.5, 0.6) is 0 Å². The first-order valence-electron chi connectivity index (χ1n) is 12.1. The molecule has 3 saturated carbocycles. The number of hydrogen-bond donors (Lipinski definition) is 1. The molecular formula is C27H43FO. The number of rotatable bonds is 6. The minimum absolute atomic E-state index is 0.0903. The van der Waals surface area contributed by atoms with E-state index in [0.29, 0.717) is 17.8 Å². The third kappa shape index (κ3) is 5.24. The molecule has 164 valence electrons. The van der Waals surface area contributed by atoms with Crippen molar-refractivity contribution in [3.8, 4) is 0 Å². The SMILES string of the molecule is C=C1CC[C@](O)(F)C/C1=C\C=C1/CCC[C@]2(C)[C@@H]([C@H](C)CCCC(C)C)CC[C@@H]12. The third-order valence-corrected chi connectivity index (χ3v) is 8.39. The molecule has 3 aliphatic carbocycles. The molecule has 0 saturated heterocycles. The fourth-order valence-corrected chi connectivity index (χ4v) is 6.66. The summed E-state index contributed by atoms with van der Waals surface area (Å²) >= 11 is 0. The van der Waals surface area contributed by atoms with E-state index in [4.69, 9.17) is 0 Å². The van der Waals surface area contributed by atoms with Crippen molar-refractivity contribution >= 4 is 0 Å². The van der Waals surface area contributed by atoms with E-state index in [9.17, 15) is 9.50 Å². The molecule has 3 rings (SSSR count). The summed E-state index contributed by atoms with van der Waals surface area (Å²) in [5.74, 6) is 1.06. The van der Waals surface area contributed by atoms with Crippen molar-refractivity contribution in [2.24, 2.45) is 29.1 Å². The maximum Gasteiger partial charge on any atom is 0.211 e. The Morgan fingerprint density at radius 3 is 2.62 bits per heavy atom. The molecule has 0 aliphatic heterocycles. The standard InChI is InChI=1S/C27H43FO/c1-19(2)8-6-9-21(4)24-13-14-25-22(10-7-16-26(24,25)5)11-12-23-18-27(28,29)17-15-20(23)3/h11-12,19,21,24-25,29H,3,6-10,13-18H2,1-2,4-5H3/b22-11+,23-12+/t21-,24-,25+,26-,27-/m1/s1. The van der Waals surface area contributed by atoms with Crippen molar-refractivity contribution in [1.29, 1.82) is 0 Å². The van der Waals surface area contributed by atoms with Crippen LogP contribution in [0.4, 0.5) is 4.39 Å². The summed E-state index contributed by atoms with van der Waals surface area (Å²) in [7, 11) is 0. The smallest absolute Gasteiger partial charge is 0.211 e. The van der Waals surface area contributed by atoms with Gasteiger partial charge in [-0.3, -0.25) is 0 Å². The van der Waals surface area contributed by atoms with Crippen molar-refractivity contribution in [1.82, 2.24) is 0 Å². The van der Waals surface area contributed by atoms with Crippen LogP contribution in [0.2, 0.25) is 0 Å². The van der Waals surface area contributed by atoms with Gasteiger partial charge in [-0.1, -0.05) is 76.8 Å². The first-order valence-corrected chi connectivity index (χ1v) is 12.1. The second kappa shape index (κ2) is 9.08. The molecule has 0 unspecified atom stereocenters. The van der Waals surface area contributed by atoms with Crippen LogP contribution < -0.4 is 0 Å². The third-order valence-electron chi connectivity index (χ3n) is 8.39. The van der Waals surface area contributed by atoms with Gasteiger partial charge >= 0.3 is 0 Å². The van der Waals surface area contributed by atoms with Crippen molar-refractivity contribution in [3.05, 3.63) is 35.5 Å². The van der Waals surface area contributed by atoms with Gasteiger partial charge in [-0.25, -0.2) is 4.39 Å². The lowest BCUT2D eigenvalue weighted by molar-refractivity contribution is -0.0970. The summed E-state index contributed by atoms with van der Waals surface area (Å²) in [5, 5.41) is 9.82. The highest BCUT2D eigenvalue weighted by Crippen LogP contribution is 2.60. The molecule has 1 N–H and O–H groups in total. The highest BCUT2D eigenvalue weighted by Gasteiger charge is 2.50. The van der Waals surface area contributed by atoms with Crippen LogP contribution >= 0.6 is 0 Å². The molecule has 29 heavy (non-hydrogen) atoms. The van der Waals surface area contributed by atoms with E-state index in [1.54, 1.807) is 5.57 Å². The van der Waals surface area contributed by atoms with Gasteiger partial charge in [0, 0.05) is 12.8 Å². The lowest BCUT2D eigenvalue weighted by atomic mass is 9.60. The van der Waals surface area contributed by atoms with E-state index in [1.165, 1.54) is 51.4 Å². The first-order chi connectivity index (χ1) is 13.6. The van der Waals surface area contributed by atoms with Crippen molar-refractivity contribution < 1.29 is 9.50 Å². The predicted octanol–water partition coefficient (Wildman–Crippen LogP) is 7.92. The second-order valence-electron chi connectivity index (χ2n) is 11.0. The zero-order chi connectivity index (χ0) is 21.2. The summed E-state index contributed by atoms with van der Waals surface area (Å²) in [6.45, 7) is 13.8. The average molecular weight is 403 g/mol. The van der Waals surface area contributed by atoms with Crippen molar-refractivity contribution in [3.63, 3.8) is 0 Å². The van der Waals surface area contributed by atoms with Crippen LogP contribution in [0.3, 0.4) is 0 Å². The maximum atomic E-state index is 14.1. The quantitative estimate of drug-likeness (QED) is 0.478. The van der Waals surface area contributed by atoms with Gasteiger partial charge in [-0.15, -0.1) is 0 Å². The predicted molar refractivity (Wildman–Crippen MR) is 121 cm³/mol. The highest BCUT2D eigenvalue weighted by atomic mass is 19.2. The molecule has 3 aliphatic rings. The van der Waals surface area contributed by atoms with E-state index >= 15 is 0 Å². The van der Waals surface area contributed by atoms with Gasteiger partial charge in [0.15, 0.2) is 0 Å². The molecule has 0 aromatic rings. The summed E-state index contributed by atoms with van der Waals surface area (Å²) in [5.41, 5.74) is 3.87. The van der Waals surface area contributed by atoms with Gasteiger partial charge in [-0.2, -0.15) is 0 Å². The topological polar surface area (TPSA) is 20.2 Å². The monoisotopic (exact) mass is 402 g/mol. The van der Waals surface area contributed by atoms with Gasteiger partial charge in [0.05, 0.1) is 0 Å². The van der Waals surface area contributed by atoms with Crippen LogP contribution in [-0.4, -0.2) is 11.0 Å². The molecule has 0 radical (unpaired) electrons. The molecule has 0 spiro atoms. The minimum atomic E-state index is -2.06. The molecule has 0 amide bonds. The van der Waals surface area contributed by atoms with E-state index in [2.05, 4.69) is 46.4 Å². The summed E-state index contributed by atoms with van der Waals surface area (Å²) in [6.07, 6.45) is 15.7. The molecule has 2 heteroatoms. The number of aliphatic hydroxyl groups is 1. The van der Waals surface area contributed by atoms with Crippen LogP contribution in [-0.2, 0) is 0 Å². The Morgan fingerprint density at radius 2 is 1.90 bits per heavy atom. The molecule has 0 aromatic heterocycles. The van der Waals surface area contributed by atoms with Crippen LogP contribution in [0.25, 0.3) is 0 Å². The fourth-order valence-electron chi connectivity index (χ4n) is 6.66. The van der Waals surface area contributed by atoms with E-state index in [0.717, 1.165) is 28.9 Å². The molecule has 1 nitrogen and oxygen atoms in total. The zero-order valence-corrected chi connectivity index (χ0v) is 19.3. The van der Waals surface area contributed by atoms with Gasteiger partial charge in [0.2, 0.25) is 5.85 Å². The van der Waals surface area contributed by atoms with Crippen molar-refractivity contribution in [2.75, 3.05) is 0 Å². The molecule has 3 fully saturated rings. The normalized spacial score (nSPS) is 39.3. The largest absolute Gasteiger partial charge is 0.361 e. The average Bonchev–Trinajstić information content (AvgIpc) is 2.99. The van der Waals surface area contributed by atoms with Crippen molar-refractivity contribution in [2.45, 2.75) is 104 Å². The van der Waals surface area contributed by atoms with E-state index in [-0.39, 0.29) is 12.8 Å². The molecule has 0 heterocycles. The van der Waals surface area contributed by atoms with Crippen LogP contribution in [0.1, 0.15) is 98.3 Å². The Morgan fingerprint density at radius 1 is 1.14 bits per heavy atom. The Hall–Kier alpha value is -0.890. The zero-order valence-electron chi connectivity index (χ0n) is 19.3. The maximum absolute atomic E-state index is 14.1. The van der Waals surface area contributed by atoms with Gasteiger partial charge in [0.1, 0.15) is 0 Å². The van der Waals surface area contributed by atoms with E-state index in [1.807, 2.05) is 0 Å². The van der Waals surface area contributed by atoms with Crippen LogP contribution in [0, 0.1) is 29.1 Å². The van der Waals surface area contributed by atoms with E-state index < -0.39 is 5.85 Å². The molecule has 5 atom stereocenters. The number of allylic oxidation sites excluding steroid dienone is 4. The number of halogens is 1. The van der Waals surface area contributed by atoms with Crippen LogP contribution in [0.15, 0.2) is 35.5 Å². The Labute approximate surface area is 178 Å². The lowest BCUT2D eigenvalue weighted by Crippen LogP contribution is -2.36. The Bertz CT molecular complexity index is 655. The Kier molecular flexibility index (Phi) is 7.14. The summed E-state index contributed by atoms with van der Waals surface area (Å²) < 4.78 is 14.1. The lowest BCUT2D eigenvalue weighted by Gasteiger charge is -2.44. The first kappa shape index (κ1) is 22.8. The number of hydrogen-bond acceptors (Lipinski definition) is 1. The molecule has 0 bridgehead atoms. The fraction of sp³-hybridized carbons (Fsp3) is 0.778. The minimum Gasteiger partial charge on any atom is -0.361 e. The summed E-state index contributed by atoms with van der Waals surface area (Å²) in [6, 6.07) is 0. The Balaban J connectivity index is 1.71. The highest BCUT2D eigenvalue weighted by molar-refractivity contribution is 5.36. The second-order valence-corrected chi connectivity index (χ2v) is 11.0. The van der Waals surface area contributed by atoms with Gasteiger partial charge in [0.25, 0.3) is 0 Å². The number of fused-ring (bicyclic) bond motifs is 1. The van der Waals surface area contributed by atoms with Gasteiger partial charge < -0.3 is 5.11 Å². The molecule has 0 aromatic carbocycles. The summed E-state index contributed by atoms with van der Waals surface area (Å²) in [4.78, 5) is 0. The molecular weight excluding hydrogens is 359 g/mol.